The smallest absolute Gasteiger partial charge is 0.255 e. The summed E-state index contributed by atoms with van der Waals surface area (Å²) in [7, 11) is 1.63. The number of carbonyl (C=O) groups excluding carboxylic acids is 1. The van der Waals surface area contributed by atoms with Crippen LogP contribution in [0.15, 0.2) is 58.5 Å². The van der Waals surface area contributed by atoms with Crippen LogP contribution in [0.25, 0.3) is 0 Å². The predicted octanol–water partition coefficient (Wildman–Crippen LogP) is 3.87. The van der Waals surface area contributed by atoms with Crippen molar-refractivity contribution in [3.63, 3.8) is 0 Å². The van der Waals surface area contributed by atoms with Gasteiger partial charge in [-0.2, -0.15) is 0 Å². The van der Waals surface area contributed by atoms with Gasteiger partial charge in [0.25, 0.3) is 5.56 Å². The van der Waals surface area contributed by atoms with Crippen molar-refractivity contribution < 1.29 is 9.53 Å². The molecule has 0 saturated carbocycles. The minimum absolute atomic E-state index is 0.0245. The number of anilines is 1. The summed E-state index contributed by atoms with van der Waals surface area (Å²) in [6, 6.07) is 15.3. The molecule has 2 N–H and O–H groups in total. The second-order valence-electron chi connectivity index (χ2n) is 6.62. The minimum Gasteiger partial charge on any atom is -0.497 e. The summed E-state index contributed by atoms with van der Waals surface area (Å²) in [5.74, 6) is 1.19. The van der Waals surface area contributed by atoms with Crippen molar-refractivity contribution in [3.8, 4) is 5.75 Å². The third-order valence-electron chi connectivity index (χ3n) is 4.47. The number of amides is 1. The molecule has 0 unspecified atom stereocenters. The van der Waals surface area contributed by atoms with E-state index in [-0.39, 0.29) is 17.9 Å². The quantitative estimate of drug-likeness (QED) is 0.457. The Bertz CT molecular complexity index is 1080. The van der Waals surface area contributed by atoms with Crippen LogP contribution in [0, 0.1) is 13.8 Å². The van der Waals surface area contributed by atoms with E-state index in [0.29, 0.717) is 22.2 Å². The molecule has 0 saturated heterocycles. The average molecular weight is 410 g/mol. The second-order valence-corrected chi connectivity index (χ2v) is 7.58. The summed E-state index contributed by atoms with van der Waals surface area (Å²) < 4.78 is 5.23. The Hall–Kier alpha value is -3.06. The standard InChI is InChI=1S/C22H23N3O3S/c1-14-7-4-5-10-19(14)24-20(26)12-18-15(2)23-22(25-21(18)27)29-13-16-8-6-9-17(11-16)28-3/h4-11H,12-13H2,1-3H3,(H,24,26)(H,23,25,27). The van der Waals surface area contributed by atoms with Crippen molar-refractivity contribution >= 4 is 23.4 Å². The molecule has 1 aromatic heterocycles. The van der Waals surface area contributed by atoms with Gasteiger partial charge in [0.1, 0.15) is 5.75 Å². The number of rotatable bonds is 7. The Morgan fingerprint density at radius 2 is 1.97 bits per heavy atom. The molecule has 29 heavy (non-hydrogen) atoms. The van der Waals surface area contributed by atoms with E-state index in [4.69, 9.17) is 4.74 Å². The molecular formula is C22H23N3O3S. The average Bonchev–Trinajstić information content (AvgIpc) is 2.71. The highest BCUT2D eigenvalue weighted by molar-refractivity contribution is 7.98. The number of thioether (sulfide) groups is 1. The number of hydrogen-bond acceptors (Lipinski definition) is 5. The van der Waals surface area contributed by atoms with E-state index in [0.717, 1.165) is 22.6 Å². The number of nitrogens with zero attached hydrogens (tertiary/aromatic N) is 1. The molecule has 7 heteroatoms. The highest BCUT2D eigenvalue weighted by atomic mass is 32.2. The van der Waals surface area contributed by atoms with Gasteiger partial charge in [0, 0.05) is 22.7 Å². The maximum atomic E-state index is 12.5. The number of hydrogen-bond donors (Lipinski definition) is 2. The van der Waals surface area contributed by atoms with Crippen LogP contribution >= 0.6 is 11.8 Å². The Labute approximate surface area is 173 Å². The number of nitrogens with one attached hydrogen (secondary N) is 2. The summed E-state index contributed by atoms with van der Waals surface area (Å²) in [5, 5.41) is 3.37. The topological polar surface area (TPSA) is 84.1 Å². The Morgan fingerprint density at radius 3 is 2.69 bits per heavy atom. The maximum Gasteiger partial charge on any atom is 0.255 e. The Balaban J connectivity index is 1.68. The first kappa shape index (κ1) is 20.7. The van der Waals surface area contributed by atoms with Gasteiger partial charge >= 0.3 is 0 Å². The van der Waals surface area contributed by atoms with Gasteiger partial charge in [-0.3, -0.25) is 9.59 Å². The van der Waals surface area contributed by atoms with E-state index in [2.05, 4.69) is 15.3 Å². The second kappa shape index (κ2) is 9.43. The molecular weight excluding hydrogens is 386 g/mol. The molecule has 0 aliphatic rings. The summed E-state index contributed by atoms with van der Waals surface area (Å²) in [5.41, 5.74) is 3.42. The molecule has 0 aliphatic carbocycles. The lowest BCUT2D eigenvalue weighted by Crippen LogP contribution is -2.24. The van der Waals surface area contributed by atoms with Crippen LogP contribution in [-0.2, 0) is 17.0 Å². The first-order valence-electron chi connectivity index (χ1n) is 9.17. The maximum absolute atomic E-state index is 12.5. The molecule has 3 rings (SSSR count). The molecule has 3 aromatic rings. The molecule has 0 fully saturated rings. The van der Waals surface area contributed by atoms with Crippen LogP contribution in [0.2, 0.25) is 0 Å². The lowest BCUT2D eigenvalue weighted by molar-refractivity contribution is -0.115. The van der Waals surface area contributed by atoms with Crippen molar-refractivity contribution in [1.82, 2.24) is 9.97 Å². The van der Waals surface area contributed by atoms with Crippen LogP contribution in [-0.4, -0.2) is 23.0 Å². The molecule has 0 bridgehead atoms. The van der Waals surface area contributed by atoms with E-state index in [1.165, 1.54) is 11.8 Å². The zero-order valence-electron chi connectivity index (χ0n) is 16.6. The predicted molar refractivity (Wildman–Crippen MR) is 116 cm³/mol. The molecule has 0 atom stereocenters. The van der Waals surface area contributed by atoms with E-state index in [9.17, 15) is 9.59 Å². The van der Waals surface area contributed by atoms with E-state index in [1.54, 1.807) is 14.0 Å². The van der Waals surface area contributed by atoms with Gasteiger partial charge in [-0.1, -0.05) is 42.1 Å². The molecule has 1 amide bonds. The number of methoxy groups -OCH3 is 1. The van der Waals surface area contributed by atoms with E-state index in [1.807, 2.05) is 55.5 Å². The largest absolute Gasteiger partial charge is 0.497 e. The van der Waals surface area contributed by atoms with Gasteiger partial charge in [0.15, 0.2) is 5.16 Å². The van der Waals surface area contributed by atoms with Crippen molar-refractivity contribution in [3.05, 3.63) is 81.3 Å². The molecule has 0 radical (unpaired) electrons. The van der Waals surface area contributed by atoms with Gasteiger partial charge in [-0.05, 0) is 43.2 Å². The van der Waals surface area contributed by atoms with Gasteiger partial charge in [0.05, 0.1) is 13.5 Å². The fraction of sp³-hybridized carbons (Fsp3) is 0.227. The molecule has 150 valence electrons. The number of carbonyl (C=O) groups is 1. The van der Waals surface area contributed by atoms with Crippen LogP contribution in [0.1, 0.15) is 22.4 Å². The summed E-state index contributed by atoms with van der Waals surface area (Å²) >= 11 is 1.43. The van der Waals surface area contributed by atoms with Gasteiger partial charge in [-0.15, -0.1) is 0 Å². The highest BCUT2D eigenvalue weighted by Crippen LogP contribution is 2.22. The molecule has 6 nitrogen and oxygen atoms in total. The lowest BCUT2D eigenvalue weighted by Gasteiger charge is -2.10. The van der Waals surface area contributed by atoms with Crippen LogP contribution in [0.3, 0.4) is 0 Å². The van der Waals surface area contributed by atoms with Gasteiger partial charge < -0.3 is 15.0 Å². The molecule has 0 aliphatic heterocycles. The number of aromatic amines is 1. The normalized spacial score (nSPS) is 10.6. The van der Waals surface area contributed by atoms with Crippen LogP contribution < -0.4 is 15.6 Å². The highest BCUT2D eigenvalue weighted by Gasteiger charge is 2.14. The van der Waals surface area contributed by atoms with Gasteiger partial charge in [0.2, 0.25) is 5.91 Å². The first-order valence-corrected chi connectivity index (χ1v) is 10.2. The number of aryl methyl sites for hydroxylation is 2. The summed E-state index contributed by atoms with van der Waals surface area (Å²) in [6.07, 6.45) is -0.0245. The van der Waals surface area contributed by atoms with Crippen LogP contribution in [0.4, 0.5) is 5.69 Å². The monoisotopic (exact) mass is 409 g/mol. The van der Waals surface area contributed by atoms with Crippen molar-refractivity contribution in [2.45, 2.75) is 31.2 Å². The van der Waals surface area contributed by atoms with Crippen molar-refractivity contribution in [2.24, 2.45) is 0 Å². The Kier molecular flexibility index (Phi) is 6.72. The van der Waals surface area contributed by atoms with Gasteiger partial charge in [-0.25, -0.2) is 4.98 Å². The number of aromatic nitrogens is 2. The van der Waals surface area contributed by atoms with E-state index >= 15 is 0 Å². The number of ether oxygens (including phenoxy) is 1. The first-order chi connectivity index (χ1) is 14.0. The number of benzene rings is 2. The molecule has 2 aromatic carbocycles. The molecule has 1 heterocycles. The summed E-state index contributed by atoms with van der Waals surface area (Å²) in [6.45, 7) is 3.67. The summed E-state index contributed by atoms with van der Waals surface area (Å²) in [4.78, 5) is 32.2. The third kappa shape index (κ3) is 5.48. The lowest BCUT2D eigenvalue weighted by atomic mass is 10.1. The minimum atomic E-state index is -0.287. The van der Waals surface area contributed by atoms with E-state index < -0.39 is 0 Å². The SMILES string of the molecule is COc1cccc(CSc2nc(C)c(CC(=O)Nc3ccccc3C)c(=O)[nH]2)c1. The van der Waals surface area contributed by atoms with Crippen LogP contribution in [0.5, 0.6) is 5.75 Å². The van der Waals surface area contributed by atoms with Crippen molar-refractivity contribution in [1.29, 1.82) is 0 Å². The fourth-order valence-electron chi connectivity index (χ4n) is 2.84. The Morgan fingerprint density at radius 1 is 1.17 bits per heavy atom. The fourth-order valence-corrected chi connectivity index (χ4v) is 3.69. The third-order valence-corrected chi connectivity index (χ3v) is 5.41. The zero-order chi connectivity index (χ0) is 20.8. The number of H-pyrrole nitrogens is 1. The zero-order valence-corrected chi connectivity index (χ0v) is 17.4. The molecule has 0 spiro atoms. The van der Waals surface area contributed by atoms with Crippen molar-refractivity contribution in [2.75, 3.05) is 12.4 Å². The number of para-hydroxylation sites is 1.